The molecule has 0 radical (unpaired) electrons. The molecule has 1 aromatic carbocycles. The van der Waals surface area contributed by atoms with E-state index in [0.29, 0.717) is 22.6 Å². The van der Waals surface area contributed by atoms with Gasteiger partial charge in [-0.3, -0.25) is 0 Å². The maximum absolute atomic E-state index is 8.68. The average Bonchev–Trinajstić information content (AvgIpc) is 2.80. The predicted octanol–water partition coefficient (Wildman–Crippen LogP) is 0.103. The number of benzene rings is 1. The van der Waals surface area contributed by atoms with Crippen LogP contribution in [-0.2, 0) is 0 Å². The molecule has 1 aliphatic heterocycles. The molecule has 86 valence electrons. The summed E-state index contributed by atoms with van der Waals surface area (Å²) in [6.45, 7) is -0.262. The van der Waals surface area contributed by atoms with Crippen molar-refractivity contribution in [3.8, 4) is 35.2 Å². The fourth-order valence-corrected chi connectivity index (χ4v) is 1.42. The molecule has 0 spiro atoms. The number of ether oxygens (including phenoxy) is 2. The lowest BCUT2D eigenvalue weighted by atomic mass is 10.1. The summed E-state index contributed by atoms with van der Waals surface area (Å²) in [5.74, 6) is 11.9. The fraction of sp³-hybridized carbons (Fsp3) is 0.231. The molecule has 4 nitrogen and oxygen atoms in total. The van der Waals surface area contributed by atoms with Crippen molar-refractivity contribution in [3.05, 3.63) is 23.3 Å². The summed E-state index contributed by atoms with van der Waals surface area (Å²) >= 11 is 0. The highest BCUT2D eigenvalue weighted by molar-refractivity contribution is 5.59. The zero-order chi connectivity index (χ0) is 12.1. The fourth-order valence-electron chi connectivity index (χ4n) is 1.42. The Bertz CT molecular complexity index is 491. The highest BCUT2D eigenvalue weighted by atomic mass is 16.7. The number of fused-ring (bicyclic) bond motifs is 1. The van der Waals surface area contributed by atoms with Crippen LogP contribution >= 0.6 is 0 Å². The van der Waals surface area contributed by atoms with Crippen molar-refractivity contribution in [3.63, 3.8) is 0 Å². The van der Waals surface area contributed by atoms with Crippen LogP contribution in [-0.4, -0.2) is 30.2 Å². The summed E-state index contributed by atoms with van der Waals surface area (Å²) in [5.41, 5.74) is 1.29. The lowest BCUT2D eigenvalue weighted by Crippen LogP contribution is -1.92. The molecule has 2 rings (SSSR count). The van der Waals surface area contributed by atoms with Gasteiger partial charge >= 0.3 is 0 Å². The summed E-state index contributed by atoms with van der Waals surface area (Å²) < 4.78 is 10.5. The van der Waals surface area contributed by atoms with E-state index in [4.69, 9.17) is 19.7 Å². The Morgan fingerprint density at radius 3 is 1.82 bits per heavy atom. The molecular formula is C13H10O4. The van der Waals surface area contributed by atoms with E-state index in [9.17, 15) is 0 Å². The normalized spacial score (nSPS) is 11.2. The summed E-state index contributed by atoms with van der Waals surface area (Å²) in [6.07, 6.45) is 0. The Morgan fingerprint density at radius 2 is 1.41 bits per heavy atom. The van der Waals surface area contributed by atoms with Crippen LogP contribution in [0.5, 0.6) is 11.5 Å². The molecule has 4 heteroatoms. The van der Waals surface area contributed by atoms with Crippen LogP contribution in [0, 0.1) is 23.7 Å². The van der Waals surface area contributed by atoms with Crippen molar-refractivity contribution in [2.75, 3.05) is 20.0 Å². The number of rotatable bonds is 0. The zero-order valence-corrected chi connectivity index (χ0v) is 8.99. The number of hydrogen-bond donors (Lipinski definition) is 2. The van der Waals surface area contributed by atoms with Crippen molar-refractivity contribution in [1.82, 2.24) is 0 Å². The van der Waals surface area contributed by atoms with E-state index >= 15 is 0 Å². The second-order valence-corrected chi connectivity index (χ2v) is 3.17. The van der Waals surface area contributed by atoms with Crippen LogP contribution in [0.4, 0.5) is 0 Å². The molecule has 2 N–H and O–H groups in total. The first-order chi connectivity index (χ1) is 8.35. The molecule has 1 aromatic rings. The molecule has 0 atom stereocenters. The average molecular weight is 230 g/mol. The number of aliphatic hydroxyl groups is 2. The molecule has 1 heterocycles. The maximum atomic E-state index is 8.68. The molecule has 0 fully saturated rings. The van der Waals surface area contributed by atoms with Crippen LogP contribution in [0.1, 0.15) is 11.1 Å². The zero-order valence-electron chi connectivity index (χ0n) is 8.99. The van der Waals surface area contributed by atoms with Gasteiger partial charge in [-0.2, -0.15) is 0 Å². The molecular weight excluding hydrogens is 220 g/mol. The SMILES string of the molecule is OCC#Cc1cc2c(cc1C#CCO)OCO2. The van der Waals surface area contributed by atoms with E-state index in [1.54, 1.807) is 12.1 Å². The first kappa shape index (κ1) is 11.3. The molecule has 0 aromatic heterocycles. The Morgan fingerprint density at radius 1 is 0.941 bits per heavy atom. The highest BCUT2D eigenvalue weighted by Gasteiger charge is 2.15. The quantitative estimate of drug-likeness (QED) is 0.621. The molecule has 17 heavy (non-hydrogen) atoms. The van der Waals surface area contributed by atoms with Gasteiger partial charge in [-0.15, -0.1) is 0 Å². The van der Waals surface area contributed by atoms with E-state index < -0.39 is 0 Å². The molecule has 0 aliphatic carbocycles. The van der Waals surface area contributed by atoms with E-state index in [-0.39, 0.29) is 20.0 Å². The third-order valence-electron chi connectivity index (χ3n) is 2.12. The highest BCUT2D eigenvalue weighted by Crippen LogP contribution is 2.34. The van der Waals surface area contributed by atoms with Gasteiger partial charge in [0.2, 0.25) is 6.79 Å². The van der Waals surface area contributed by atoms with Gasteiger partial charge in [-0.05, 0) is 0 Å². The van der Waals surface area contributed by atoms with Crippen LogP contribution in [0.15, 0.2) is 12.1 Å². The van der Waals surface area contributed by atoms with Crippen LogP contribution in [0.2, 0.25) is 0 Å². The molecule has 0 amide bonds. The minimum Gasteiger partial charge on any atom is -0.454 e. The van der Waals surface area contributed by atoms with Crippen molar-refractivity contribution < 1.29 is 19.7 Å². The summed E-state index contributed by atoms with van der Waals surface area (Å²) in [7, 11) is 0. The largest absolute Gasteiger partial charge is 0.454 e. The Labute approximate surface area is 98.8 Å². The van der Waals surface area contributed by atoms with E-state index in [1.807, 2.05) is 0 Å². The third kappa shape index (κ3) is 2.51. The van der Waals surface area contributed by atoms with Crippen LogP contribution in [0.3, 0.4) is 0 Å². The first-order valence-corrected chi connectivity index (χ1v) is 4.98. The molecule has 0 saturated heterocycles. The minimum atomic E-state index is -0.221. The van der Waals surface area contributed by atoms with Crippen LogP contribution < -0.4 is 9.47 Å². The maximum Gasteiger partial charge on any atom is 0.231 e. The monoisotopic (exact) mass is 230 g/mol. The van der Waals surface area contributed by atoms with Gasteiger partial charge in [0.1, 0.15) is 13.2 Å². The minimum absolute atomic E-state index is 0.180. The van der Waals surface area contributed by atoms with Crippen molar-refractivity contribution >= 4 is 0 Å². The molecule has 1 aliphatic rings. The van der Waals surface area contributed by atoms with E-state index in [0.717, 1.165) is 0 Å². The standard InChI is InChI=1S/C13H10O4/c14-5-1-3-10-7-12-13(17-9-16-12)8-11(10)4-2-6-15/h7-8,14-15H,5-6,9H2. The lowest BCUT2D eigenvalue weighted by molar-refractivity contribution is 0.174. The Balaban J connectivity index is 2.47. The van der Waals surface area contributed by atoms with Gasteiger partial charge in [0.25, 0.3) is 0 Å². The van der Waals surface area contributed by atoms with Gasteiger partial charge in [0, 0.05) is 23.3 Å². The molecule has 0 bridgehead atoms. The number of aliphatic hydroxyl groups excluding tert-OH is 2. The van der Waals surface area contributed by atoms with E-state index in [1.165, 1.54) is 0 Å². The lowest BCUT2D eigenvalue weighted by Gasteiger charge is -2.00. The van der Waals surface area contributed by atoms with Gasteiger partial charge in [-0.1, -0.05) is 23.7 Å². The predicted molar refractivity (Wildman–Crippen MR) is 60.5 cm³/mol. The van der Waals surface area contributed by atoms with Crippen LogP contribution in [0.25, 0.3) is 0 Å². The summed E-state index contributed by atoms with van der Waals surface area (Å²) in [4.78, 5) is 0. The summed E-state index contributed by atoms with van der Waals surface area (Å²) in [6, 6.07) is 3.43. The van der Waals surface area contributed by atoms with Gasteiger partial charge in [-0.25, -0.2) is 0 Å². The molecule has 0 unspecified atom stereocenters. The topological polar surface area (TPSA) is 58.9 Å². The van der Waals surface area contributed by atoms with Gasteiger partial charge in [0.05, 0.1) is 0 Å². The Kier molecular flexibility index (Phi) is 3.52. The smallest absolute Gasteiger partial charge is 0.231 e. The van der Waals surface area contributed by atoms with Gasteiger partial charge in [0.15, 0.2) is 11.5 Å². The second-order valence-electron chi connectivity index (χ2n) is 3.17. The van der Waals surface area contributed by atoms with Crippen molar-refractivity contribution in [2.45, 2.75) is 0 Å². The third-order valence-corrected chi connectivity index (χ3v) is 2.12. The first-order valence-electron chi connectivity index (χ1n) is 4.98. The van der Waals surface area contributed by atoms with Crippen molar-refractivity contribution in [2.24, 2.45) is 0 Å². The second kappa shape index (κ2) is 5.27. The number of hydrogen-bond acceptors (Lipinski definition) is 4. The van der Waals surface area contributed by atoms with E-state index in [2.05, 4.69) is 23.7 Å². The summed E-state index contributed by atoms with van der Waals surface area (Å²) in [5, 5.41) is 17.4. The Hall–Kier alpha value is -2.14. The van der Waals surface area contributed by atoms with Crippen molar-refractivity contribution in [1.29, 1.82) is 0 Å². The van der Waals surface area contributed by atoms with Gasteiger partial charge < -0.3 is 19.7 Å². The molecule has 0 saturated carbocycles.